The molecule has 0 bridgehead atoms. The minimum atomic E-state index is -4.30. The number of hydrogen-bond acceptors (Lipinski definition) is 6. The molecule has 1 atom stereocenters. The fourth-order valence-corrected chi connectivity index (χ4v) is 6.03. The van der Waals surface area contributed by atoms with Gasteiger partial charge in [0.25, 0.3) is 15.7 Å². The lowest BCUT2D eigenvalue weighted by Gasteiger charge is -2.33. The van der Waals surface area contributed by atoms with E-state index in [1.807, 2.05) is 0 Å². The van der Waals surface area contributed by atoms with Gasteiger partial charge in [-0.15, -0.1) is 0 Å². The molecule has 0 aliphatic carbocycles. The zero-order chi connectivity index (χ0) is 30.3. The number of nitro groups is 1. The van der Waals surface area contributed by atoms with Crippen molar-refractivity contribution in [1.82, 2.24) is 10.2 Å². The average molecular weight is 622 g/mol. The Hall–Kier alpha value is -3.67. The van der Waals surface area contributed by atoms with Crippen molar-refractivity contribution in [3.63, 3.8) is 0 Å². The summed E-state index contributed by atoms with van der Waals surface area (Å²) in [4.78, 5) is 39.0. The molecule has 0 aliphatic rings. The Labute approximate surface area is 249 Å². The number of anilines is 1. The maximum atomic E-state index is 14.0. The number of amides is 2. The van der Waals surface area contributed by atoms with E-state index in [1.54, 1.807) is 51.1 Å². The van der Waals surface area contributed by atoms with E-state index in [0.717, 1.165) is 16.4 Å². The Morgan fingerprint density at radius 3 is 2.17 bits per heavy atom. The number of nitrogens with one attached hydrogen (secondary N) is 1. The van der Waals surface area contributed by atoms with Crippen LogP contribution >= 0.6 is 23.2 Å². The van der Waals surface area contributed by atoms with Crippen molar-refractivity contribution in [1.29, 1.82) is 0 Å². The SMILES string of the molecule is CCC(C(=O)NC(C)C)N(Cc1ccc(Cl)cc1Cl)C(=O)CN(c1ccc([N+](=O)[O-])cc1)S(=O)(=O)c1ccccc1. The predicted molar refractivity (Wildman–Crippen MR) is 158 cm³/mol. The summed E-state index contributed by atoms with van der Waals surface area (Å²) in [6.45, 7) is 4.53. The Kier molecular flexibility index (Phi) is 10.7. The molecule has 3 rings (SSSR count). The van der Waals surface area contributed by atoms with Gasteiger partial charge in [0.05, 0.1) is 15.5 Å². The monoisotopic (exact) mass is 620 g/mol. The lowest BCUT2D eigenvalue weighted by molar-refractivity contribution is -0.384. The van der Waals surface area contributed by atoms with E-state index in [1.165, 1.54) is 35.2 Å². The van der Waals surface area contributed by atoms with Crippen molar-refractivity contribution < 1.29 is 22.9 Å². The second kappa shape index (κ2) is 13.8. The molecule has 1 unspecified atom stereocenters. The number of nitrogens with zero attached hydrogens (tertiary/aromatic N) is 3. The van der Waals surface area contributed by atoms with E-state index in [0.29, 0.717) is 10.6 Å². The third-order valence-corrected chi connectivity index (χ3v) is 8.51. The maximum Gasteiger partial charge on any atom is 0.269 e. The number of halogens is 2. The summed E-state index contributed by atoms with van der Waals surface area (Å²) >= 11 is 12.4. The third-order valence-electron chi connectivity index (χ3n) is 6.13. The summed E-state index contributed by atoms with van der Waals surface area (Å²) in [5.41, 5.74) is 0.303. The van der Waals surface area contributed by atoms with Crippen molar-refractivity contribution in [2.75, 3.05) is 10.8 Å². The van der Waals surface area contributed by atoms with Gasteiger partial charge in [0.15, 0.2) is 0 Å². The summed E-state index contributed by atoms with van der Waals surface area (Å²) < 4.78 is 28.4. The number of benzene rings is 3. The van der Waals surface area contributed by atoms with E-state index in [9.17, 15) is 28.1 Å². The number of rotatable bonds is 12. The number of sulfonamides is 1. The lowest BCUT2D eigenvalue weighted by Crippen LogP contribution is -2.53. The quantitative estimate of drug-likeness (QED) is 0.212. The smallest absolute Gasteiger partial charge is 0.269 e. The molecular weight excluding hydrogens is 591 g/mol. The van der Waals surface area contributed by atoms with Crippen LogP contribution in [0.3, 0.4) is 0 Å². The van der Waals surface area contributed by atoms with Crippen LogP contribution in [0.25, 0.3) is 0 Å². The van der Waals surface area contributed by atoms with Gasteiger partial charge in [-0.1, -0.05) is 54.4 Å². The van der Waals surface area contributed by atoms with Crippen LogP contribution in [-0.4, -0.2) is 48.7 Å². The summed E-state index contributed by atoms with van der Waals surface area (Å²) in [5, 5.41) is 14.7. The lowest BCUT2D eigenvalue weighted by atomic mass is 10.1. The number of hydrogen-bond donors (Lipinski definition) is 1. The first-order valence-corrected chi connectivity index (χ1v) is 14.9. The van der Waals surface area contributed by atoms with Gasteiger partial charge < -0.3 is 10.2 Å². The highest BCUT2D eigenvalue weighted by atomic mass is 35.5. The van der Waals surface area contributed by atoms with Crippen molar-refractivity contribution >= 4 is 56.4 Å². The molecular formula is C28H30Cl2N4O6S. The number of non-ortho nitro benzene ring substituents is 1. The second-order valence-electron chi connectivity index (χ2n) is 9.44. The van der Waals surface area contributed by atoms with E-state index < -0.39 is 39.3 Å². The van der Waals surface area contributed by atoms with Gasteiger partial charge in [0.1, 0.15) is 12.6 Å². The van der Waals surface area contributed by atoms with Crippen LogP contribution in [0.4, 0.5) is 11.4 Å². The molecule has 218 valence electrons. The van der Waals surface area contributed by atoms with E-state index >= 15 is 0 Å². The van der Waals surface area contributed by atoms with Crippen LogP contribution in [0.5, 0.6) is 0 Å². The molecule has 0 fully saturated rings. The molecule has 0 spiro atoms. The molecule has 0 aromatic heterocycles. The molecule has 3 aromatic rings. The third kappa shape index (κ3) is 7.96. The van der Waals surface area contributed by atoms with E-state index in [2.05, 4.69) is 5.32 Å². The molecule has 41 heavy (non-hydrogen) atoms. The number of carbonyl (C=O) groups excluding carboxylic acids is 2. The Balaban J connectivity index is 2.09. The number of carbonyl (C=O) groups is 2. The van der Waals surface area contributed by atoms with Crippen molar-refractivity contribution in [2.24, 2.45) is 0 Å². The summed E-state index contributed by atoms with van der Waals surface area (Å²) in [6, 6.07) is 15.9. The van der Waals surface area contributed by atoms with Gasteiger partial charge in [-0.3, -0.25) is 24.0 Å². The van der Waals surface area contributed by atoms with Crippen LogP contribution < -0.4 is 9.62 Å². The van der Waals surface area contributed by atoms with Gasteiger partial charge in [-0.05, 0) is 62.2 Å². The molecule has 2 amide bonds. The van der Waals surface area contributed by atoms with Crippen LogP contribution in [0.2, 0.25) is 10.0 Å². The first-order chi connectivity index (χ1) is 19.3. The first-order valence-electron chi connectivity index (χ1n) is 12.7. The highest BCUT2D eigenvalue weighted by molar-refractivity contribution is 7.92. The second-order valence-corrected chi connectivity index (χ2v) is 12.1. The number of nitro benzene ring substituents is 1. The molecule has 0 aliphatic heterocycles. The van der Waals surface area contributed by atoms with Gasteiger partial charge in [-0.25, -0.2) is 8.42 Å². The summed E-state index contributed by atoms with van der Waals surface area (Å²) in [5.74, 6) is -1.09. The summed E-state index contributed by atoms with van der Waals surface area (Å²) in [7, 11) is -4.30. The van der Waals surface area contributed by atoms with Gasteiger partial charge in [-0.2, -0.15) is 0 Å². The van der Waals surface area contributed by atoms with E-state index in [-0.39, 0.29) is 40.3 Å². The Bertz CT molecular complexity index is 1500. The minimum absolute atomic E-state index is 0.0389. The van der Waals surface area contributed by atoms with Gasteiger partial charge in [0.2, 0.25) is 11.8 Å². The standard InChI is InChI=1S/C28H30Cl2N4O6S/c1-4-26(28(36)31-19(2)3)32(17-20-10-11-21(29)16-25(20)30)27(35)18-33(22-12-14-23(15-13-22)34(37)38)41(39,40)24-8-6-5-7-9-24/h5-16,19,26H,4,17-18H2,1-3H3,(H,31,36). The fraction of sp³-hybridized carbons (Fsp3) is 0.286. The normalized spacial score (nSPS) is 12.0. The van der Waals surface area contributed by atoms with Gasteiger partial charge in [0, 0.05) is 34.8 Å². The largest absolute Gasteiger partial charge is 0.352 e. The predicted octanol–water partition coefficient (Wildman–Crippen LogP) is 5.43. The molecule has 13 heteroatoms. The highest BCUT2D eigenvalue weighted by Crippen LogP contribution is 2.28. The van der Waals surface area contributed by atoms with Crippen LogP contribution in [0, 0.1) is 10.1 Å². The highest BCUT2D eigenvalue weighted by Gasteiger charge is 2.34. The fourth-order valence-electron chi connectivity index (χ4n) is 4.12. The zero-order valence-electron chi connectivity index (χ0n) is 22.7. The Morgan fingerprint density at radius 2 is 1.63 bits per heavy atom. The van der Waals surface area contributed by atoms with Gasteiger partial charge >= 0.3 is 0 Å². The average Bonchev–Trinajstić information content (AvgIpc) is 2.92. The first kappa shape index (κ1) is 31.9. The van der Waals surface area contributed by atoms with Crippen molar-refractivity contribution in [2.45, 2.75) is 50.7 Å². The van der Waals surface area contributed by atoms with Crippen LogP contribution in [0.1, 0.15) is 32.8 Å². The minimum Gasteiger partial charge on any atom is -0.352 e. The Morgan fingerprint density at radius 1 is 1.00 bits per heavy atom. The molecule has 1 N–H and O–H groups in total. The zero-order valence-corrected chi connectivity index (χ0v) is 25.0. The molecule has 3 aromatic carbocycles. The summed E-state index contributed by atoms with van der Waals surface area (Å²) in [6.07, 6.45) is 0.235. The van der Waals surface area contributed by atoms with Crippen LogP contribution in [0.15, 0.2) is 77.7 Å². The van der Waals surface area contributed by atoms with Crippen molar-refractivity contribution in [3.8, 4) is 0 Å². The molecule has 0 radical (unpaired) electrons. The maximum absolute atomic E-state index is 14.0. The molecule has 0 saturated carbocycles. The molecule has 10 nitrogen and oxygen atoms in total. The van der Waals surface area contributed by atoms with Crippen molar-refractivity contribution in [3.05, 3.63) is 98.5 Å². The van der Waals surface area contributed by atoms with E-state index in [4.69, 9.17) is 23.2 Å². The topological polar surface area (TPSA) is 130 Å². The molecule has 0 heterocycles. The van der Waals surface area contributed by atoms with Crippen LogP contribution in [-0.2, 0) is 26.2 Å². The molecule has 0 saturated heterocycles.